The number of aromatic carboxylic acids is 1. The van der Waals surface area contributed by atoms with E-state index in [9.17, 15) is 18.3 Å². The zero-order valence-electron chi connectivity index (χ0n) is 15.5. The number of nitrogens with zero attached hydrogens (tertiary/aromatic N) is 3. The number of methoxy groups -OCH3 is 1. The molecule has 1 aliphatic rings. The number of hydrogen-bond donors (Lipinski definition) is 2. The molecule has 4 rings (SSSR count). The Kier molecular flexibility index (Phi) is 4.71. The van der Waals surface area contributed by atoms with E-state index in [2.05, 4.69) is 14.9 Å². The molecule has 150 valence electrons. The summed E-state index contributed by atoms with van der Waals surface area (Å²) in [7, 11) is -2.77. The van der Waals surface area contributed by atoms with E-state index in [1.54, 1.807) is 18.2 Å². The van der Waals surface area contributed by atoms with Gasteiger partial charge in [0.2, 0.25) is 0 Å². The second-order valence-corrected chi connectivity index (χ2v) is 8.20. The predicted molar refractivity (Wildman–Crippen MR) is 105 cm³/mol. The number of carboxylic acids is 1. The molecule has 1 aliphatic heterocycles. The summed E-state index contributed by atoms with van der Waals surface area (Å²) in [6.45, 7) is 0.826. The van der Waals surface area contributed by atoms with Crippen LogP contribution in [0.15, 0.2) is 47.4 Å². The van der Waals surface area contributed by atoms with Gasteiger partial charge in [-0.1, -0.05) is 12.1 Å². The number of fused-ring (bicyclic) bond motifs is 1. The first kappa shape index (κ1) is 18.9. The first-order chi connectivity index (χ1) is 13.9. The Balaban J connectivity index is 1.69. The average molecular weight is 414 g/mol. The molecular formula is C19H18N4O5S. The molecule has 10 heteroatoms. The van der Waals surface area contributed by atoms with Crippen molar-refractivity contribution in [3.05, 3.63) is 53.9 Å². The molecule has 1 aromatic heterocycles. The van der Waals surface area contributed by atoms with Gasteiger partial charge in [0, 0.05) is 24.2 Å². The minimum Gasteiger partial charge on any atom is -0.495 e. The molecule has 0 aliphatic carbocycles. The number of rotatable bonds is 6. The van der Waals surface area contributed by atoms with Crippen molar-refractivity contribution >= 4 is 21.7 Å². The second-order valence-electron chi connectivity index (χ2n) is 6.55. The molecule has 0 bridgehead atoms. The first-order valence-corrected chi connectivity index (χ1v) is 10.3. The van der Waals surface area contributed by atoms with Gasteiger partial charge in [0.05, 0.1) is 12.7 Å². The van der Waals surface area contributed by atoms with Crippen LogP contribution in [0.4, 0.5) is 5.69 Å². The molecule has 9 nitrogen and oxygen atoms in total. The number of aromatic nitrogens is 3. The fourth-order valence-electron chi connectivity index (χ4n) is 3.32. The van der Waals surface area contributed by atoms with Gasteiger partial charge >= 0.3 is 5.97 Å². The van der Waals surface area contributed by atoms with E-state index in [1.165, 1.54) is 19.2 Å². The van der Waals surface area contributed by atoms with Gasteiger partial charge in [-0.05, 0) is 36.8 Å². The van der Waals surface area contributed by atoms with Crippen molar-refractivity contribution in [1.29, 1.82) is 0 Å². The SMILES string of the molecule is COc1ccc(C(=O)O)cc1S(=O)(=O)Nc1cccc(-c2nnc3n2CCC3)c1. The number of benzene rings is 2. The van der Waals surface area contributed by atoms with Gasteiger partial charge in [0.25, 0.3) is 10.0 Å². The van der Waals surface area contributed by atoms with Crippen molar-refractivity contribution in [2.45, 2.75) is 24.3 Å². The summed E-state index contributed by atoms with van der Waals surface area (Å²) in [5.41, 5.74) is 0.900. The quantitative estimate of drug-likeness (QED) is 0.635. The normalized spacial score (nSPS) is 13.1. The molecule has 3 aromatic rings. The van der Waals surface area contributed by atoms with Crippen molar-refractivity contribution in [1.82, 2.24) is 14.8 Å². The fraction of sp³-hybridized carbons (Fsp3) is 0.211. The molecule has 0 unspecified atom stereocenters. The Morgan fingerprint density at radius 1 is 1.21 bits per heavy atom. The van der Waals surface area contributed by atoms with Crippen LogP contribution in [0.2, 0.25) is 0 Å². The molecule has 0 atom stereocenters. The summed E-state index contributed by atoms with van der Waals surface area (Å²) in [5, 5.41) is 17.6. The van der Waals surface area contributed by atoms with Crippen LogP contribution < -0.4 is 9.46 Å². The Bertz CT molecular complexity index is 1200. The van der Waals surface area contributed by atoms with E-state index >= 15 is 0 Å². The van der Waals surface area contributed by atoms with Crippen LogP contribution in [0, 0.1) is 0 Å². The van der Waals surface area contributed by atoms with Gasteiger partial charge in [0.1, 0.15) is 16.5 Å². The Hall–Kier alpha value is -3.40. The van der Waals surface area contributed by atoms with Gasteiger partial charge in [-0.25, -0.2) is 13.2 Å². The van der Waals surface area contributed by atoms with Crippen molar-refractivity contribution in [3.63, 3.8) is 0 Å². The molecule has 2 aromatic carbocycles. The lowest BCUT2D eigenvalue weighted by Crippen LogP contribution is -2.15. The minimum atomic E-state index is -4.09. The lowest BCUT2D eigenvalue weighted by atomic mass is 10.2. The minimum absolute atomic E-state index is 0.0499. The summed E-state index contributed by atoms with van der Waals surface area (Å²) in [6.07, 6.45) is 1.88. The standard InChI is InChI=1S/C19H18N4O5S/c1-28-15-8-7-13(19(24)25)11-16(15)29(26,27)22-14-5-2-4-12(10-14)18-21-20-17-6-3-9-23(17)18/h2,4-5,7-8,10-11,22H,3,6,9H2,1H3,(H,24,25). The highest BCUT2D eigenvalue weighted by Gasteiger charge is 2.23. The Morgan fingerprint density at radius 2 is 2.03 bits per heavy atom. The number of ether oxygens (including phenoxy) is 1. The number of hydrogen-bond acceptors (Lipinski definition) is 6. The highest BCUT2D eigenvalue weighted by molar-refractivity contribution is 7.92. The highest BCUT2D eigenvalue weighted by Crippen LogP contribution is 2.29. The van der Waals surface area contributed by atoms with Crippen molar-refractivity contribution in [3.8, 4) is 17.1 Å². The number of carboxylic acid groups (broad SMARTS) is 1. The van der Waals surface area contributed by atoms with Crippen LogP contribution in [0.1, 0.15) is 22.6 Å². The van der Waals surface area contributed by atoms with E-state index in [-0.39, 0.29) is 16.2 Å². The fourth-order valence-corrected chi connectivity index (χ4v) is 4.56. The Labute approximate surface area is 167 Å². The van der Waals surface area contributed by atoms with Crippen molar-refractivity contribution < 1.29 is 23.1 Å². The van der Waals surface area contributed by atoms with Gasteiger partial charge in [-0.2, -0.15) is 0 Å². The third-order valence-corrected chi connectivity index (χ3v) is 6.09. The predicted octanol–water partition coefficient (Wildman–Crippen LogP) is 2.40. The number of carbonyl (C=O) groups is 1. The summed E-state index contributed by atoms with van der Waals surface area (Å²) in [5.74, 6) is 0.422. The summed E-state index contributed by atoms with van der Waals surface area (Å²) in [6, 6.07) is 10.5. The molecule has 29 heavy (non-hydrogen) atoms. The molecule has 0 amide bonds. The summed E-state index contributed by atoms with van der Waals surface area (Å²) >= 11 is 0. The lowest BCUT2D eigenvalue weighted by molar-refractivity contribution is 0.0696. The van der Waals surface area contributed by atoms with Crippen LogP contribution in [0.3, 0.4) is 0 Å². The summed E-state index contributed by atoms with van der Waals surface area (Å²) in [4.78, 5) is 11.0. The largest absolute Gasteiger partial charge is 0.495 e. The smallest absolute Gasteiger partial charge is 0.335 e. The lowest BCUT2D eigenvalue weighted by Gasteiger charge is -2.13. The highest BCUT2D eigenvalue weighted by atomic mass is 32.2. The molecule has 0 saturated carbocycles. The number of nitrogens with one attached hydrogen (secondary N) is 1. The van der Waals surface area contributed by atoms with E-state index in [4.69, 9.17) is 4.74 Å². The maximum absolute atomic E-state index is 12.9. The van der Waals surface area contributed by atoms with E-state index in [0.29, 0.717) is 11.5 Å². The molecular weight excluding hydrogens is 396 g/mol. The second kappa shape index (κ2) is 7.21. The van der Waals surface area contributed by atoms with Crippen molar-refractivity contribution in [2.75, 3.05) is 11.8 Å². The first-order valence-electron chi connectivity index (χ1n) is 8.86. The van der Waals surface area contributed by atoms with Crippen LogP contribution >= 0.6 is 0 Å². The van der Waals surface area contributed by atoms with Crippen LogP contribution in [0.25, 0.3) is 11.4 Å². The third kappa shape index (κ3) is 3.54. The Morgan fingerprint density at radius 3 is 2.79 bits per heavy atom. The van der Waals surface area contributed by atoms with Crippen LogP contribution in [0.5, 0.6) is 5.75 Å². The zero-order chi connectivity index (χ0) is 20.6. The zero-order valence-corrected chi connectivity index (χ0v) is 16.3. The number of sulfonamides is 1. The van der Waals surface area contributed by atoms with Gasteiger partial charge in [-0.3, -0.25) is 4.72 Å². The number of aryl methyl sites for hydroxylation is 1. The average Bonchev–Trinajstić information content (AvgIpc) is 3.31. The molecule has 0 spiro atoms. The topological polar surface area (TPSA) is 123 Å². The van der Waals surface area contributed by atoms with E-state index in [0.717, 1.165) is 36.8 Å². The van der Waals surface area contributed by atoms with Crippen LogP contribution in [-0.2, 0) is 23.0 Å². The van der Waals surface area contributed by atoms with Gasteiger partial charge < -0.3 is 14.4 Å². The van der Waals surface area contributed by atoms with E-state index < -0.39 is 16.0 Å². The van der Waals surface area contributed by atoms with E-state index in [1.807, 2.05) is 10.6 Å². The van der Waals surface area contributed by atoms with Gasteiger partial charge in [-0.15, -0.1) is 10.2 Å². The molecule has 0 saturated heterocycles. The monoisotopic (exact) mass is 414 g/mol. The van der Waals surface area contributed by atoms with Crippen LogP contribution in [-0.4, -0.2) is 41.4 Å². The molecule has 2 heterocycles. The maximum Gasteiger partial charge on any atom is 0.335 e. The maximum atomic E-state index is 12.9. The van der Waals surface area contributed by atoms with Crippen molar-refractivity contribution in [2.24, 2.45) is 0 Å². The molecule has 0 radical (unpaired) electrons. The molecule has 2 N–H and O–H groups in total. The summed E-state index contributed by atoms with van der Waals surface area (Å²) < 4.78 is 35.5. The molecule has 0 fully saturated rings. The third-order valence-electron chi connectivity index (χ3n) is 4.68. The van der Waals surface area contributed by atoms with Gasteiger partial charge in [0.15, 0.2) is 5.82 Å². The number of anilines is 1.